The zero-order chi connectivity index (χ0) is 11.9. The first-order chi connectivity index (χ1) is 6.93. The first-order valence-electron chi connectivity index (χ1n) is 5.79. The van der Waals surface area contributed by atoms with E-state index in [0.29, 0.717) is 11.3 Å². The standard InChI is InChI=1S/C12H27NOS/c1-6-10(13)11(12(2,3)4)15-9-7-8-14-5/h10-11H,6-9,13H2,1-5H3. The molecule has 0 fully saturated rings. The van der Waals surface area contributed by atoms with Crippen LogP contribution in [0.15, 0.2) is 0 Å². The van der Waals surface area contributed by atoms with Gasteiger partial charge in [0.05, 0.1) is 0 Å². The second-order valence-corrected chi connectivity index (χ2v) is 6.33. The third-order valence-electron chi connectivity index (χ3n) is 2.50. The highest BCUT2D eigenvalue weighted by Gasteiger charge is 2.29. The Morgan fingerprint density at radius 2 is 1.93 bits per heavy atom. The number of thioether (sulfide) groups is 1. The molecule has 0 amide bonds. The minimum absolute atomic E-state index is 0.285. The zero-order valence-electron chi connectivity index (χ0n) is 10.9. The number of hydrogen-bond acceptors (Lipinski definition) is 3. The van der Waals surface area contributed by atoms with Gasteiger partial charge in [0.25, 0.3) is 0 Å². The van der Waals surface area contributed by atoms with Crippen LogP contribution in [-0.4, -0.2) is 30.8 Å². The van der Waals surface area contributed by atoms with Gasteiger partial charge >= 0.3 is 0 Å². The maximum Gasteiger partial charge on any atom is 0.0470 e. The lowest BCUT2D eigenvalue weighted by Gasteiger charge is -2.34. The van der Waals surface area contributed by atoms with Crippen molar-refractivity contribution < 1.29 is 4.74 Å². The van der Waals surface area contributed by atoms with E-state index in [1.807, 2.05) is 11.8 Å². The van der Waals surface area contributed by atoms with E-state index in [9.17, 15) is 0 Å². The molecule has 0 aliphatic carbocycles. The molecule has 0 aliphatic rings. The summed E-state index contributed by atoms with van der Waals surface area (Å²) in [6.07, 6.45) is 2.17. The quantitative estimate of drug-likeness (QED) is 0.687. The van der Waals surface area contributed by atoms with Crippen molar-refractivity contribution in [1.82, 2.24) is 0 Å². The van der Waals surface area contributed by atoms with E-state index in [1.165, 1.54) is 0 Å². The van der Waals surface area contributed by atoms with Crippen molar-refractivity contribution in [2.24, 2.45) is 11.1 Å². The summed E-state index contributed by atoms with van der Waals surface area (Å²) >= 11 is 2.00. The van der Waals surface area contributed by atoms with E-state index in [-0.39, 0.29) is 5.41 Å². The van der Waals surface area contributed by atoms with Crippen LogP contribution in [0.2, 0.25) is 0 Å². The molecule has 0 saturated heterocycles. The van der Waals surface area contributed by atoms with Crippen molar-refractivity contribution in [3.63, 3.8) is 0 Å². The summed E-state index contributed by atoms with van der Waals surface area (Å²) in [4.78, 5) is 0. The fourth-order valence-electron chi connectivity index (χ4n) is 1.64. The van der Waals surface area contributed by atoms with Crippen LogP contribution in [0.4, 0.5) is 0 Å². The van der Waals surface area contributed by atoms with Crippen LogP contribution in [0, 0.1) is 5.41 Å². The Morgan fingerprint density at radius 3 is 2.33 bits per heavy atom. The zero-order valence-corrected chi connectivity index (χ0v) is 11.7. The van der Waals surface area contributed by atoms with Gasteiger partial charge < -0.3 is 10.5 Å². The van der Waals surface area contributed by atoms with Gasteiger partial charge in [-0.15, -0.1) is 0 Å². The lowest BCUT2D eigenvalue weighted by molar-refractivity contribution is 0.200. The molecule has 0 bridgehead atoms. The molecule has 0 aromatic heterocycles. The second-order valence-electron chi connectivity index (χ2n) is 5.08. The molecule has 2 unspecified atom stereocenters. The van der Waals surface area contributed by atoms with Crippen molar-refractivity contribution in [2.75, 3.05) is 19.5 Å². The maximum atomic E-state index is 6.17. The van der Waals surface area contributed by atoms with Crippen LogP contribution in [0.5, 0.6) is 0 Å². The first kappa shape index (κ1) is 15.3. The van der Waals surface area contributed by atoms with Gasteiger partial charge in [-0.2, -0.15) is 11.8 Å². The lowest BCUT2D eigenvalue weighted by Crippen LogP contribution is -2.41. The van der Waals surface area contributed by atoms with E-state index >= 15 is 0 Å². The average Bonchev–Trinajstić information content (AvgIpc) is 2.15. The summed E-state index contributed by atoms with van der Waals surface area (Å²) < 4.78 is 5.05. The van der Waals surface area contributed by atoms with Gasteiger partial charge in [-0.3, -0.25) is 0 Å². The van der Waals surface area contributed by atoms with Gasteiger partial charge in [0.1, 0.15) is 0 Å². The van der Waals surface area contributed by atoms with Gasteiger partial charge in [-0.25, -0.2) is 0 Å². The molecule has 0 spiro atoms. The molecular formula is C12H27NOS. The predicted octanol–water partition coefficient (Wildman–Crippen LogP) is 2.91. The monoisotopic (exact) mass is 233 g/mol. The smallest absolute Gasteiger partial charge is 0.0470 e. The average molecular weight is 233 g/mol. The van der Waals surface area contributed by atoms with Crippen LogP contribution < -0.4 is 5.73 Å². The minimum atomic E-state index is 0.285. The Bertz CT molecular complexity index is 156. The second kappa shape index (κ2) is 7.53. The van der Waals surface area contributed by atoms with E-state index in [0.717, 1.165) is 25.2 Å². The Kier molecular flexibility index (Phi) is 7.66. The number of rotatable bonds is 7. The molecular weight excluding hydrogens is 206 g/mol. The van der Waals surface area contributed by atoms with Crippen molar-refractivity contribution in [3.05, 3.63) is 0 Å². The highest BCUT2D eigenvalue weighted by atomic mass is 32.2. The van der Waals surface area contributed by atoms with Gasteiger partial charge in [0, 0.05) is 25.0 Å². The molecule has 0 rings (SSSR count). The Morgan fingerprint density at radius 1 is 1.33 bits per heavy atom. The molecule has 0 aromatic rings. The van der Waals surface area contributed by atoms with Gasteiger partial charge in [-0.1, -0.05) is 27.7 Å². The van der Waals surface area contributed by atoms with E-state index in [4.69, 9.17) is 10.5 Å². The van der Waals surface area contributed by atoms with Crippen molar-refractivity contribution in [1.29, 1.82) is 0 Å². The normalized spacial score (nSPS) is 16.4. The summed E-state index contributed by atoms with van der Waals surface area (Å²) in [7, 11) is 1.75. The molecule has 2 N–H and O–H groups in total. The van der Waals surface area contributed by atoms with Gasteiger partial charge in [0.2, 0.25) is 0 Å². The molecule has 92 valence electrons. The molecule has 0 aromatic carbocycles. The van der Waals surface area contributed by atoms with E-state index in [1.54, 1.807) is 7.11 Å². The molecule has 0 heterocycles. The summed E-state index contributed by atoms with van der Waals surface area (Å²) in [6, 6.07) is 0.303. The molecule has 0 radical (unpaired) electrons. The number of ether oxygens (including phenoxy) is 1. The van der Waals surface area contributed by atoms with Gasteiger partial charge in [0.15, 0.2) is 0 Å². The molecule has 0 aliphatic heterocycles. The third kappa shape index (κ3) is 6.44. The van der Waals surface area contributed by atoms with Crippen LogP contribution in [0.1, 0.15) is 40.5 Å². The van der Waals surface area contributed by atoms with Crippen LogP contribution in [-0.2, 0) is 4.74 Å². The summed E-state index contributed by atoms with van der Waals surface area (Å²) in [5, 5.41) is 0.541. The summed E-state index contributed by atoms with van der Waals surface area (Å²) in [6.45, 7) is 9.84. The van der Waals surface area contributed by atoms with Crippen molar-refractivity contribution >= 4 is 11.8 Å². The molecule has 0 saturated carbocycles. The Hall–Kier alpha value is 0.270. The van der Waals surface area contributed by atoms with Crippen molar-refractivity contribution in [2.45, 2.75) is 51.8 Å². The summed E-state index contributed by atoms with van der Waals surface area (Å²) in [5.74, 6) is 1.14. The highest BCUT2D eigenvalue weighted by Crippen LogP contribution is 2.33. The highest BCUT2D eigenvalue weighted by molar-refractivity contribution is 8.00. The fraction of sp³-hybridized carbons (Fsp3) is 1.00. The predicted molar refractivity (Wildman–Crippen MR) is 70.5 cm³/mol. The Labute approximate surface area is 99.3 Å². The number of nitrogens with two attached hydrogens (primary N) is 1. The fourth-order valence-corrected chi connectivity index (χ4v) is 3.12. The van der Waals surface area contributed by atoms with E-state index < -0.39 is 0 Å². The van der Waals surface area contributed by atoms with Crippen molar-refractivity contribution in [3.8, 4) is 0 Å². The lowest BCUT2D eigenvalue weighted by atomic mass is 9.87. The van der Waals surface area contributed by atoms with Crippen LogP contribution in [0.25, 0.3) is 0 Å². The summed E-state index contributed by atoms with van der Waals surface area (Å²) in [5.41, 5.74) is 6.45. The number of methoxy groups -OCH3 is 1. The first-order valence-corrected chi connectivity index (χ1v) is 6.84. The minimum Gasteiger partial charge on any atom is -0.385 e. The molecule has 2 nitrogen and oxygen atoms in total. The molecule has 15 heavy (non-hydrogen) atoms. The molecule has 2 atom stereocenters. The third-order valence-corrected chi connectivity index (χ3v) is 4.44. The van der Waals surface area contributed by atoms with Crippen LogP contribution in [0.3, 0.4) is 0 Å². The maximum absolute atomic E-state index is 6.17. The van der Waals surface area contributed by atoms with E-state index in [2.05, 4.69) is 27.7 Å². The van der Waals surface area contributed by atoms with Crippen LogP contribution >= 0.6 is 11.8 Å². The van der Waals surface area contributed by atoms with Gasteiger partial charge in [-0.05, 0) is 24.0 Å². The Balaban J connectivity index is 4.03. The SMILES string of the molecule is CCC(N)C(SCCCOC)C(C)(C)C. The topological polar surface area (TPSA) is 35.2 Å². The number of hydrogen-bond donors (Lipinski definition) is 1. The molecule has 3 heteroatoms. The largest absolute Gasteiger partial charge is 0.385 e.